The molecule has 1 aromatic heterocycles. The predicted molar refractivity (Wildman–Crippen MR) is 79.7 cm³/mol. The number of nitrogens with zero attached hydrogens (tertiary/aromatic N) is 1. The highest BCUT2D eigenvalue weighted by molar-refractivity contribution is 7.15. The summed E-state index contributed by atoms with van der Waals surface area (Å²) in [5, 5.41) is 1.12. The summed E-state index contributed by atoms with van der Waals surface area (Å²) in [4.78, 5) is 5.51. The van der Waals surface area contributed by atoms with E-state index in [2.05, 4.69) is 36.2 Å². The van der Waals surface area contributed by atoms with Crippen LogP contribution in [0, 0.1) is 13.8 Å². The van der Waals surface area contributed by atoms with Gasteiger partial charge in [-0.3, -0.25) is 0 Å². The third-order valence-electron chi connectivity index (χ3n) is 2.03. The van der Waals surface area contributed by atoms with Gasteiger partial charge in [-0.25, -0.2) is 4.98 Å². The Kier molecular flexibility index (Phi) is 8.34. The molecule has 0 N–H and O–H groups in total. The molecule has 0 spiro atoms. The first-order chi connectivity index (χ1) is 8.27. The normalized spacial score (nSPS) is 8.59. The van der Waals surface area contributed by atoms with Gasteiger partial charge < -0.3 is 0 Å². The molecule has 94 valence electrons. The van der Waals surface area contributed by atoms with Crippen molar-refractivity contribution in [1.29, 1.82) is 0 Å². The van der Waals surface area contributed by atoms with Crippen molar-refractivity contribution in [2.75, 3.05) is 0 Å². The van der Waals surface area contributed by atoms with Gasteiger partial charge in [-0.2, -0.15) is 0 Å². The highest BCUT2D eigenvalue weighted by atomic mass is 32.1. The number of benzene rings is 1. The van der Waals surface area contributed by atoms with Crippen molar-refractivity contribution in [3.8, 4) is 10.4 Å². The van der Waals surface area contributed by atoms with Gasteiger partial charge in [0.1, 0.15) is 0 Å². The zero-order chi connectivity index (χ0) is 13.3. The van der Waals surface area contributed by atoms with Gasteiger partial charge in [0.15, 0.2) is 0 Å². The molecule has 1 heterocycles. The van der Waals surface area contributed by atoms with E-state index in [-0.39, 0.29) is 0 Å². The van der Waals surface area contributed by atoms with Crippen molar-refractivity contribution >= 4 is 11.3 Å². The van der Waals surface area contributed by atoms with Gasteiger partial charge in [0, 0.05) is 6.20 Å². The SMILES string of the molecule is CC.CC.Cc1ncc(-c2ccccc2C)s1. The molecule has 1 aromatic carbocycles. The van der Waals surface area contributed by atoms with Gasteiger partial charge in [-0.1, -0.05) is 52.0 Å². The molecule has 0 radical (unpaired) electrons. The van der Waals surface area contributed by atoms with E-state index in [1.165, 1.54) is 16.0 Å². The molecule has 2 heteroatoms. The molecular weight excluding hydrogens is 226 g/mol. The Morgan fingerprint density at radius 2 is 1.53 bits per heavy atom. The van der Waals surface area contributed by atoms with Gasteiger partial charge in [0.05, 0.1) is 9.88 Å². The summed E-state index contributed by atoms with van der Waals surface area (Å²) in [6.07, 6.45) is 1.95. The summed E-state index contributed by atoms with van der Waals surface area (Å²) in [6.45, 7) is 12.2. The van der Waals surface area contributed by atoms with Crippen LogP contribution >= 0.6 is 11.3 Å². The summed E-state index contributed by atoms with van der Waals surface area (Å²) in [5.74, 6) is 0. The smallest absolute Gasteiger partial charge is 0.0900 e. The predicted octanol–water partition coefficient (Wildman–Crippen LogP) is 5.48. The highest BCUT2D eigenvalue weighted by Gasteiger charge is 2.03. The van der Waals surface area contributed by atoms with Crippen molar-refractivity contribution in [3.63, 3.8) is 0 Å². The van der Waals surface area contributed by atoms with Crippen LogP contribution in [0.3, 0.4) is 0 Å². The molecule has 0 saturated heterocycles. The number of thiazole rings is 1. The van der Waals surface area contributed by atoms with E-state index in [4.69, 9.17) is 0 Å². The average Bonchev–Trinajstić information content (AvgIpc) is 2.81. The summed E-state index contributed by atoms with van der Waals surface area (Å²) in [7, 11) is 0. The molecule has 0 aliphatic heterocycles. The van der Waals surface area contributed by atoms with E-state index in [9.17, 15) is 0 Å². The first-order valence-electron chi connectivity index (χ1n) is 6.26. The quantitative estimate of drug-likeness (QED) is 0.652. The monoisotopic (exact) mass is 249 g/mol. The topological polar surface area (TPSA) is 12.9 Å². The van der Waals surface area contributed by atoms with Crippen LogP contribution in [0.1, 0.15) is 38.3 Å². The molecule has 0 unspecified atom stereocenters. The van der Waals surface area contributed by atoms with Crippen LogP contribution in [-0.2, 0) is 0 Å². The van der Waals surface area contributed by atoms with Gasteiger partial charge in [0.25, 0.3) is 0 Å². The molecule has 0 aliphatic carbocycles. The van der Waals surface area contributed by atoms with E-state index >= 15 is 0 Å². The summed E-state index contributed by atoms with van der Waals surface area (Å²) in [6, 6.07) is 8.40. The minimum Gasteiger partial charge on any atom is -0.249 e. The zero-order valence-electron chi connectivity index (χ0n) is 11.7. The Morgan fingerprint density at radius 3 is 2.00 bits per heavy atom. The van der Waals surface area contributed by atoms with Gasteiger partial charge in [-0.15, -0.1) is 11.3 Å². The van der Waals surface area contributed by atoms with Crippen molar-refractivity contribution < 1.29 is 0 Å². The largest absolute Gasteiger partial charge is 0.249 e. The van der Waals surface area contributed by atoms with Crippen LogP contribution in [0.25, 0.3) is 10.4 Å². The highest BCUT2D eigenvalue weighted by Crippen LogP contribution is 2.27. The van der Waals surface area contributed by atoms with E-state index in [0.717, 1.165) is 5.01 Å². The maximum Gasteiger partial charge on any atom is 0.0900 e. The molecule has 0 aliphatic rings. The third-order valence-corrected chi connectivity index (χ3v) is 2.98. The third kappa shape index (κ3) is 4.70. The molecule has 0 amide bonds. The van der Waals surface area contributed by atoms with Crippen molar-refractivity contribution in [1.82, 2.24) is 4.98 Å². The number of aryl methyl sites for hydroxylation is 2. The average molecular weight is 249 g/mol. The Hall–Kier alpha value is -1.15. The van der Waals surface area contributed by atoms with Crippen LogP contribution in [-0.4, -0.2) is 4.98 Å². The standard InChI is InChI=1S/C11H11NS.2C2H6/c1-8-5-3-4-6-10(8)11-7-12-9(2)13-11;2*1-2/h3-7H,1-2H3;2*1-2H3. The van der Waals surface area contributed by atoms with Gasteiger partial charge >= 0.3 is 0 Å². The molecule has 2 rings (SSSR count). The summed E-state index contributed by atoms with van der Waals surface area (Å²) in [5.41, 5.74) is 2.61. The Balaban J connectivity index is 0.000000581. The molecule has 0 atom stereocenters. The van der Waals surface area contributed by atoms with E-state index in [1.54, 1.807) is 11.3 Å². The summed E-state index contributed by atoms with van der Waals surface area (Å²) >= 11 is 1.74. The van der Waals surface area contributed by atoms with Crippen LogP contribution < -0.4 is 0 Å². The minimum absolute atomic E-state index is 1.12. The van der Waals surface area contributed by atoms with E-state index in [1.807, 2.05) is 40.8 Å². The Morgan fingerprint density at radius 1 is 0.941 bits per heavy atom. The van der Waals surface area contributed by atoms with Crippen molar-refractivity contribution in [3.05, 3.63) is 41.0 Å². The first kappa shape index (κ1) is 15.9. The van der Waals surface area contributed by atoms with Crippen LogP contribution in [0.2, 0.25) is 0 Å². The number of rotatable bonds is 1. The number of aromatic nitrogens is 1. The second-order valence-electron chi connectivity index (χ2n) is 3.06. The van der Waals surface area contributed by atoms with Crippen LogP contribution in [0.5, 0.6) is 0 Å². The molecule has 2 aromatic rings. The van der Waals surface area contributed by atoms with Gasteiger partial charge in [-0.05, 0) is 25.0 Å². The van der Waals surface area contributed by atoms with Gasteiger partial charge in [0.2, 0.25) is 0 Å². The zero-order valence-corrected chi connectivity index (χ0v) is 12.6. The molecule has 1 nitrogen and oxygen atoms in total. The number of hydrogen-bond donors (Lipinski definition) is 0. The van der Waals surface area contributed by atoms with Crippen LogP contribution in [0.4, 0.5) is 0 Å². The maximum absolute atomic E-state index is 4.25. The van der Waals surface area contributed by atoms with Crippen LogP contribution in [0.15, 0.2) is 30.5 Å². The maximum atomic E-state index is 4.25. The lowest BCUT2D eigenvalue weighted by Gasteiger charge is -2.00. The van der Waals surface area contributed by atoms with Crippen molar-refractivity contribution in [2.24, 2.45) is 0 Å². The minimum atomic E-state index is 1.12. The number of hydrogen-bond acceptors (Lipinski definition) is 2. The summed E-state index contributed by atoms with van der Waals surface area (Å²) < 4.78 is 0. The Labute approximate surface area is 110 Å². The Bertz CT molecular complexity index is 418. The lowest BCUT2D eigenvalue weighted by molar-refractivity contribution is 1.30. The molecule has 0 bridgehead atoms. The van der Waals surface area contributed by atoms with Crippen molar-refractivity contribution in [2.45, 2.75) is 41.5 Å². The second-order valence-corrected chi connectivity index (χ2v) is 4.29. The lowest BCUT2D eigenvalue weighted by Crippen LogP contribution is -1.77. The lowest BCUT2D eigenvalue weighted by atomic mass is 10.1. The van der Waals surface area contributed by atoms with E-state index < -0.39 is 0 Å². The van der Waals surface area contributed by atoms with E-state index in [0.29, 0.717) is 0 Å². The fourth-order valence-electron chi connectivity index (χ4n) is 1.34. The molecule has 0 fully saturated rings. The molecule has 17 heavy (non-hydrogen) atoms. The molecular formula is C15H23NS. The second kappa shape index (κ2) is 8.94. The fraction of sp³-hybridized carbons (Fsp3) is 0.400. The fourth-order valence-corrected chi connectivity index (χ4v) is 2.20. The first-order valence-corrected chi connectivity index (χ1v) is 7.07. The molecule has 0 saturated carbocycles.